The van der Waals surface area contributed by atoms with Crippen LogP contribution in [0.2, 0.25) is 5.02 Å². The van der Waals surface area contributed by atoms with E-state index in [2.05, 4.69) is 10.0 Å². The molecule has 0 aliphatic heterocycles. The summed E-state index contributed by atoms with van der Waals surface area (Å²) in [5.74, 6) is -6.50. The number of benzene rings is 2. The number of aliphatic hydroxyl groups is 1. The quantitative estimate of drug-likeness (QED) is 0.392. The van der Waals surface area contributed by atoms with Crippen LogP contribution in [-0.2, 0) is 19.9 Å². The lowest BCUT2D eigenvalue weighted by atomic mass is 9.74. The average Bonchev–Trinajstić information content (AvgIpc) is 3.70. The van der Waals surface area contributed by atoms with Crippen molar-refractivity contribution in [2.45, 2.75) is 59.5 Å². The third-order valence-electron chi connectivity index (χ3n) is 8.07. The number of hydrogen-bond acceptors (Lipinski definition) is 6. The largest absolute Gasteiger partial charge is 0.388 e. The maximum Gasteiger partial charge on any atom is 0.255 e. The molecule has 0 heterocycles. The third-order valence-corrected chi connectivity index (χ3v) is 12.6. The average molecular weight is 607 g/mol. The fourth-order valence-corrected chi connectivity index (χ4v) is 9.56. The van der Waals surface area contributed by atoms with Crippen molar-refractivity contribution in [2.75, 3.05) is 11.9 Å². The molecule has 2 bridgehead atoms. The highest BCUT2D eigenvalue weighted by molar-refractivity contribution is 7.92. The van der Waals surface area contributed by atoms with Gasteiger partial charge in [0.05, 0.1) is 26.0 Å². The normalized spacial score (nSPS) is 26.9. The molecule has 0 saturated heterocycles. The Morgan fingerprint density at radius 3 is 2.10 bits per heavy atom. The highest BCUT2D eigenvalue weighted by atomic mass is 35.5. The first-order valence-electron chi connectivity index (χ1n) is 12.4. The zero-order chi connectivity index (χ0) is 28.3. The molecule has 3 N–H and O–H groups in total. The van der Waals surface area contributed by atoms with Crippen molar-refractivity contribution in [1.29, 1.82) is 0 Å². The Balaban J connectivity index is 1.34. The molecule has 0 spiro atoms. The molecule has 5 rings (SSSR count). The second-order valence-corrected chi connectivity index (χ2v) is 15.2. The smallest absolute Gasteiger partial charge is 0.255 e. The number of halogens is 4. The van der Waals surface area contributed by atoms with E-state index in [1.54, 1.807) is 0 Å². The highest BCUT2D eigenvalue weighted by Gasteiger charge is 2.56. The Kier molecular flexibility index (Phi) is 7.28. The van der Waals surface area contributed by atoms with E-state index in [0.717, 1.165) is 6.07 Å². The standard InChI is InChI=1S/C25H26ClF3N2O6S2/c26-19-6-1-13(24(32)31-16-10-20(27)23(29)21(28)11-16)7-22(19)38(34,35)18-8-14-2-3-15(9-18)25(14,33)12-30-39(36,37)17-4-5-17/h1,6-7,10-11,14-15,17-18,30,33H,2-5,8-9,12H2,(H,31,32)/t14?,15?,18-,25-. The first kappa shape index (κ1) is 28.3. The molecular weight excluding hydrogens is 581 g/mol. The Morgan fingerprint density at radius 2 is 1.54 bits per heavy atom. The molecule has 8 nitrogen and oxygen atoms in total. The monoisotopic (exact) mass is 606 g/mol. The summed E-state index contributed by atoms with van der Waals surface area (Å²) in [6, 6.07) is 4.70. The van der Waals surface area contributed by atoms with E-state index in [9.17, 15) is 39.9 Å². The van der Waals surface area contributed by atoms with Crippen LogP contribution in [0.4, 0.5) is 18.9 Å². The van der Waals surface area contributed by atoms with Crippen molar-refractivity contribution in [2.24, 2.45) is 11.8 Å². The van der Waals surface area contributed by atoms with E-state index in [1.165, 1.54) is 12.1 Å². The molecule has 3 saturated carbocycles. The number of anilines is 1. The second-order valence-electron chi connectivity index (χ2n) is 10.5. The van der Waals surface area contributed by atoms with Gasteiger partial charge in [0, 0.05) is 29.9 Å². The molecule has 14 heteroatoms. The number of carbonyl (C=O) groups excluding carboxylic acids is 1. The van der Waals surface area contributed by atoms with Crippen LogP contribution in [0.1, 0.15) is 48.9 Å². The molecule has 212 valence electrons. The lowest BCUT2D eigenvalue weighted by Crippen LogP contribution is -2.55. The van der Waals surface area contributed by atoms with E-state index in [4.69, 9.17) is 11.6 Å². The molecule has 39 heavy (non-hydrogen) atoms. The summed E-state index contributed by atoms with van der Waals surface area (Å²) in [4.78, 5) is 12.4. The van der Waals surface area contributed by atoms with Crippen molar-refractivity contribution >= 4 is 43.1 Å². The molecule has 3 aliphatic rings. The molecular formula is C25H26ClF3N2O6S2. The molecule has 2 atom stereocenters. The van der Waals surface area contributed by atoms with Crippen molar-refractivity contribution in [1.82, 2.24) is 4.72 Å². The van der Waals surface area contributed by atoms with Crippen molar-refractivity contribution < 1.29 is 39.9 Å². The number of amides is 1. The summed E-state index contributed by atoms with van der Waals surface area (Å²) >= 11 is 6.23. The van der Waals surface area contributed by atoms with Gasteiger partial charge in [0.2, 0.25) is 10.0 Å². The predicted molar refractivity (Wildman–Crippen MR) is 137 cm³/mol. The van der Waals surface area contributed by atoms with Gasteiger partial charge in [-0.25, -0.2) is 34.7 Å². The number of nitrogens with one attached hydrogen (secondary N) is 2. The summed E-state index contributed by atoms with van der Waals surface area (Å²) in [7, 11) is -7.62. The van der Waals surface area contributed by atoms with Crippen LogP contribution in [0.5, 0.6) is 0 Å². The Bertz CT molecular complexity index is 1510. The van der Waals surface area contributed by atoms with E-state index in [1.807, 2.05) is 0 Å². The van der Waals surface area contributed by atoms with Crippen LogP contribution in [0.3, 0.4) is 0 Å². The lowest BCUT2D eigenvalue weighted by Gasteiger charge is -2.42. The molecule has 2 aromatic carbocycles. The van der Waals surface area contributed by atoms with Crippen LogP contribution < -0.4 is 10.0 Å². The first-order chi connectivity index (χ1) is 18.2. The predicted octanol–water partition coefficient (Wildman–Crippen LogP) is 3.78. The van der Waals surface area contributed by atoms with E-state index in [-0.39, 0.29) is 40.6 Å². The number of sulfone groups is 1. The minimum Gasteiger partial charge on any atom is -0.388 e. The van der Waals surface area contributed by atoms with E-state index < -0.39 is 71.2 Å². The molecule has 2 aromatic rings. The minimum absolute atomic E-state index is 0.0847. The first-order valence-corrected chi connectivity index (χ1v) is 15.9. The van der Waals surface area contributed by atoms with Crippen LogP contribution in [0.25, 0.3) is 0 Å². The van der Waals surface area contributed by atoms with Gasteiger partial charge < -0.3 is 10.4 Å². The summed E-state index contributed by atoms with van der Waals surface area (Å²) in [5, 5.41) is 12.1. The topological polar surface area (TPSA) is 130 Å². The molecule has 3 aliphatic carbocycles. The van der Waals surface area contributed by atoms with Crippen molar-refractivity contribution in [3.05, 3.63) is 58.4 Å². The van der Waals surface area contributed by atoms with Gasteiger partial charge in [-0.05, 0) is 68.6 Å². The van der Waals surface area contributed by atoms with Crippen molar-refractivity contribution in [3.8, 4) is 0 Å². The number of rotatable bonds is 8. The van der Waals surface area contributed by atoms with E-state index >= 15 is 0 Å². The van der Waals surface area contributed by atoms with Gasteiger partial charge >= 0.3 is 0 Å². The van der Waals surface area contributed by atoms with Gasteiger partial charge in [-0.3, -0.25) is 4.79 Å². The van der Waals surface area contributed by atoms with Gasteiger partial charge in [-0.2, -0.15) is 0 Å². The zero-order valence-corrected chi connectivity index (χ0v) is 22.9. The SMILES string of the molecule is O=C(Nc1cc(F)c(F)c(F)c1)c1ccc(Cl)c(S(=O)(=O)[C@H]2CC3CCC(C2)[C@]3(O)CNS(=O)(=O)C2CC2)c1. The minimum atomic E-state index is -4.09. The maximum atomic E-state index is 13.7. The Hall–Kier alpha value is -2.19. The zero-order valence-electron chi connectivity index (χ0n) is 20.5. The fourth-order valence-electron chi connectivity index (χ4n) is 5.74. The molecule has 0 radical (unpaired) electrons. The van der Waals surface area contributed by atoms with Crippen LogP contribution >= 0.6 is 11.6 Å². The van der Waals surface area contributed by atoms with Crippen molar-refractivity contribution in [3.63, 3.8) is 0 Å². The Labute approximate surface area is 228 Å². The van der Waals surface area contributed by atoms with Gasteiger partial charge in [0.25, 0.3) is 5.91 Å². The van der Waals surface area contributed by atoms with Crippen LogP contribution in [-0.4, -0.2) is 50.5 Å². The summed E-state index contributed by atoms with van der Waals surface area (Å²) in [5.41, 5.74) is -1.89. The second kappa shape index (κ2) is 10.0. The van der Waals surface area contributed by atoms with Gasteiger partial charge in [0.15, 0.2) is 27.3 Å². The third kappa shape index (κ3) is 5.31. The summed E-state index contributed by atoms with van der Waals surface area (Å²) < 4.78 is 94.7. The van der Waals surface area contributed by atoms with E-state index in [0.29, 0.717) is 37.8 Å². The summed E-state index contributed by atoms with van der Waals surface area (Å²) in [6.07, 6.45) is 2.41. The lowest BCUT2D eigenvalue weighted by molar-refractivity contribution is -0.0525. The highest BCUT2D eigenvalue weighted by Crippen LogP contribution is 2.52. The maximum absolute atomic E-state index is 13.7. The Morgan fingerprint density at radius 1 is 0.949 bits per heavy atom. The number of carbonyl (C=O) groups is 1. The van der Waals surface area contributed by atoms with Gasteiger partial charge in [0.1, 0.15) is 0 Å². The van der Waals surface area contributed by atoms with Gasteiger partial charge in [-0.1, -0.05) is 11.6 Å². The molecule has 2 unspecified atom stereocenters. The molecule has 1 amide bonds. The van der Waals surface area contributed by atoms with Crippen LogP contribution in [0, 0.1) is 29.3 Å². The number of hydrogen-bond donors (Lipinski definition) is 3. The number of fused-ring (bicyclic) bond motifs is 2. The molecule has 3 fully saturated rings. The molecule has 0 aromatic heterocycles. The number of sulfonamides is 1. The summed E-state index contributed by atoms with van der Waals surface area (Å²) in [6.45, 7) is -0.172. The van der Waals surface area contributed by atoms with Gasteiger partial charge in [-0.15, -0.1) is 0 Å². The fraction of sp³-hybridized carbons (Fsp3) is 0.480. The van der Waals surface area contributed by atoms with Crippen LogP contribution in [0.15, 0.2) is 35.2 Å².